The van der Waals surface area contributed by atoms with E-state index in [9.17, 15) is 0 Å². The van der Waals surface area contributed by atoms with Crippen LogP contribution in [-0.4, -0.2) is 41.3 Å². The lowest BCUT2D eigenvalue weighted by atomic mass is 9.51. The maximum atomic E-state index is 4.75. The Morgan fingerprint density at radius 3 is 2.49 bits per heavy atom. The Balaban J connectivity index is 1.55. The van der Waals surface area contributed by atoms with E-state index in [1.54, 1.807) is 6.33 Å². The van der Waals surface area contributed by atoms with Gasteiger partial charge in [-0.2, -0.15) is 0 Å². The van der Waals surface area contributed by atoms with Crippen LogP contribution in [0.3, 0.4) is 0 Å². The van der Waals surface area contributed by atoms with Crippen molar-refractivity contribution >= 4 is 22.9 Å². The van der Waals surface area contributed by atoms with Gasteiger partial charge in [0.2, 0.25) is 0 Å². The molecular weight excluding hydrogens is 432 g/mol. The minimum atomic E-state index is -0.325. The number of hydrogen-bond acceptors (Lipinski definition) is 6. The van der Waals surface area contributed by atoms with Crippen molar-refractivity contribution in [3.05, 3.63) is 97.2 Å². The summed E-state index contributed by atoms with van der Waals surface area (Å²) in [6, 6.07) is 17.8. The van der Waals surface area contributed by atoms with Gasteiger partial charge in [0.05, 0.1) is 6.20 Å². The highest BCUT2D eigenvalue weighted by Gasteiger charge is 2.66. The average molecular weight is 463 g/mol. The van der Waals surface area contributed by atoms with E-state index in [1.165, 1.54) is 22.5 Å². The van der Waals surface area contributed by atoms with Crippen molar-refractivity contribution in [1.29, 1.82) is 0 Å². The fraction of sp³-hybridized carbons (Fsp3) is 0.310. The van der Waals surface area contributed by atoms with Crippen molar-refractivity contribution in [1.82, 2.24) is 14.9 Å². The number of hydrogen-bond donors (Lipinski definition) is 0. The Hall–Kier alpha value is -3.80. The number of anilines is 4. The molecule has 35 heavy (non-hydrogen) atoms. The van der Waals surface area contributed by atoms with Gasteiger partial charge in [-0.25, -0.2) is 9.97 Å². The summed E-state index contributed by atoms with van der Waals surface area (Å²) in [5.74, 6) is 1.18. The molecule has 0 aliphatic carbocycles. The normalized spacial score (nSPS) is 31.7. The fourth-order valence-corrected chi connectivity index (χ4v) is 7.51. The van der Waals surface area contributed by atoms with Crippen LogP contribution >= 0.6 is 0 Å². The van der Waals surface area contributed by atoms with E-state index in [0.29, 0.717) is 0 Å². The molecule has 3 aromatic rings. The van der Waals surface area contributed by atoms with Gasteiger partial charge in [-0.3, -0.25) is 0 Å². The molecule has 0 saturated carbocycles. The number of likely N-dealkylation sites (N-methyl/N-ethyl adjacent to an activating group) is 1. The smallest absolute Gasteiger partial charge is 0.161 e. The van der Waals surface area contributed by atoms with Gasteiger partial charge < -0.3 is 19.6 Å². The number of benzene rings is 2. The van der Waals surface area contributed by atoms with Crippen LogP contribution in [0.15, 0.2) is 86.1 Å². The first-order valence-electron chi connectivity index (χ1n) is 12.3. The van der Waals surface area contributed by atoms with Crippen molar-refractivity contribution in [3.8, 4) is 0 Å². The van der Waals surface area contributed by atoms with Crippen molar-refractivity contribution in [2.24, 2.45) is 5.41 Å². The third-order valence-corrected chi connectivity index (χ3v) is 9.33. The molecule has 5 heterocycles. The Bertz CT molecular complexity index is 1400. The zero-order valence-corrected chi connectivity index (χ0v) is 20.6. The molecule has 1 aromatic heterocycles. The van der Waals surface area contributed by atoms with Crippen LogP contribution in [0.25, 0.3) is 0 Å². The van der Waals surface area contributed by atoms with E-state index in [-0.39, 0.29) is 29.1 Å². The number of rotatable bonds is 2. The highest BCUT2D eigenvalue weighted by Crippen LogP contribution is 2.67. The quantitative estimate of drug-likeness (QED) is 0.488. The van der Waals surface area contributed by atoms with Crippen molar-refractivity contribution < 1.29 is 0 Å². The number of aromatic nitrogens is 2. The summed E-state index contributed by atoms with van der Waals surface area (Å²) in [6.45, 7) is 9.33. The average Bonchev–Trinajstić information content (AvgIpc) is 3.53. The summed E-state index contributed by atoms with van der Waals surface area (Å²) in [4.78, 5) is 18.7. The minimum Gasteiger partial charge on any atom is -0.358 e. The molecule has 2 aromatic carbocycles. The second-order valence-corrected chi connectivity index (χ2v) is 10.6. The summed E-state index contributed by atoms with van der Waals surface area (Å²) in [5, 5.41) is 0. The molecule has 6 nitrogen and oxygen atoms in total. The Morgan fingerprint density at radius 2 is 1.69 bits per heavy atom. The third-order valence-electron chi connectivity index (χ3n) is 9.33. The van der Waals surface area contributed by atoms with E-state index >= 15 is 0 Å². The largest absolute Gasteiger partial charge is 0.358 e. The monoisotopic (exact) mass is 462 g/mol. The van der Waals surface area contributed by atoms with E-state index in [4.69, 9.17) is 4.98 Å². The van der Waals surface area contributed by atoms with Gasteiger partial charge in [-0.05, 0) is 23.3 Å². The molecular formula is C29H30N6. The second kappa shape index (κ2) is 6.66. The van der Waals surface area contributed by atoms with E-state index in [1.807, 2.05) is 6.20 Å². The number of fused-ring (bicyclic) bond motifs is 8. The molecule has 0 spiro atoms. The molecule has 0 radical (unpaired) electrons. The lowest BCUT2D eigenvalue weighted by molar-refractivity contribution is 0.102. The SMILES string of the molecule is C=CC1(C)C2N(C)c3cncnc3N2c2ccccc2C1(C)C1c2ccccc2N2C=CN(C)C12. The van der Waals surface area contributed by atoms with E-state index < -0.39 is 0 Å². The molecule has 7 rings (SSSR count). The summed E-state index contributed by atoms with van der Waals surface area (Å²) in [5.41, 5.74) is 5.70. The first kappa shape index (κ1) is 20.6. The van der Waals surface area contributed by atoms with Crippen molar-refractivity contribution in [2.45, 2.75) is 37.5 Å². The molecule has 5 atom stereocenters. The highest BCUT2D eigenvalue weighted by atomic mass is 15.5. The van der Waals surface area contributed by atoms with Gasteiger partial charge >= 0.3 is 0 Å². The molecule has 0 N–H and O–H groups in total. The summed E-state index contributed by atoms with van der Waals surface area (Å²) >= 11 is 0. The molecule has 0 amide bonds. The van der Waals surface area contributed by atoms with Crippen molar-refractivity contribution in [3.63, 3.8) is 0 Å². The van der Waals surface area contributed by atoms with Gasteiger partial charge in [0.25, 0.3) is 0 Å². The Morgan fingerprint density at radius 1 is 0.943 bits per heavy atom. The molecule has 6 heteroatoms. The molecule has 0 fully saturated rings. The predicted octanol–water partition coefficient (Wildman–Crippen LogP) is 5.20. The third kappa shape index (κ3) is 2.21. The van der Waals surface area contributed by atoms with Crippen LogP contribution < -0.4 is 14.7 Å². The number of para-hydroxylation sites is 2. The lowest BCUT2D eigenvalue weighted by Gasteiger charge is -2.60. The van der Waals surface area contributed by atoms with Gasteiger partial charge in [-0.1, -0.05) is 56.3 Å². The summed E-state index contributed by atoms with van der Waals surface area (Å²) < 4.78 is 0. The molecule has 0 bridgehead atoms. The first-order valence-corrected chi connectivity index (χ1v) is 12.3. The van der Waals surface area contributed by atoms with E-state index in [2.05, 4.69) is 126 Å². The molecule has 0 saturated heterocycles. The molecule has 5 unspecified atom stereocenters. The Kier molecular flexibility index (Phi) is 3.91. The van der Waals surface area contributed by atoms with Crippen LogP contribution in [0.5, 0.6) is 0 Å². The Labute approximate surface area is 206 Å². The highest BCUT2D eigenvalue weighted by molar-refractivity contribution is 5.85. The summed E-state index contributed by atoms with van der Waals surface area (Å²) in [7, 11) is 4.37. The van der Waals surface area contributed by atoms with Gasteiger partial charge in [0.1, 0.15) is 24.3 Å². The maximum absolute atomic E-state index is 4.75. The van der Waals surface area contributed by atoms with Crippen LogP contribution in [0, 0.1) is 5.41 Å². The van der Waals surface area contributed by atoms with Crippen LogP contribution in [0.4, 0.5) is 22.9 Å². The fourth-order valence-electron chi connectivity index (χ4n) is 7.51. The van der Waals surface area contributed by atoms with Crippen LogP contribution in [0.1, 0.15) is 30.9 Å². The van der Waals surface area contributed by atoms with Gasteiger partial charge in [0.15, 0.2) is 5.82 Å². The summed E-state index contributed by atoms with van der Waals surface area (Å²) in [6.07, 6.45) is 10.4. The second-order valence-electron chi connectivity index (χ2n) is 10.6. The topological polar surface area (TPSA) is 38.7 Å². The van der Waals surface area contributed by atoms with Gasteiger partial charge in [-0.15, -0.1) is 6.58 Å². The number of nitrogens with zero attached hydrogens (tertiary/aromatic N) is 6. The maximum Gasteiger partial charge on any atom is 0.161 e. The zero-order valence-electron chi connectivity index (χ0n) is 20.6. The molecule has 176 valence electrons. The van der Waals surface area contributed by atoms with Crippen molar-refractivity contribution in [2.75, 3.05) is 28.8 Å². The predicted molar refractivity (Wildman–Crippen MR) is 141 cm³/mol. The van der Waals surface area contributed by atoms with Crippen LogP contribution in [-0.2, 0) is 5.41 Å². The minimum absolute atomic E-state index is 0.0208. The zero-order chi connectivity index (χ0) is 24.1. The van der Waals surface area contributed by atoms with Crippen LogP contribution in [0.2, 0.25) is 0 Å². The molecule has 4 aliphatic rings. The lowest BCUT2D eigenvalue weighted by Crippen LogP contribution is -2.65. The molecule has 4 aliphatic heterocycles. The first-order chi connectivity index (χ1) is 16.9. The van der Waals surface area contributed by atoms with Gasteiger partial charge in [0, 0.05) is 54.6 Å². The standard InChI is InChI=1S/C29H30N6/c1-6-28(2)27-33(5)23-17-30-18-31-25(23)35(27)22-14-10-8-12-20(22)29(28,3)24-19-11-7-9-13-21(19)34-16-15-32(4)26(24)34/h6-18,24,26-27H,1H2,2-5H3. The van der Waals surface area contributed by atoms with E-state index in [0.717, 1.165) is 11.5 Å².